The summed E-state index contributed by atoms with van der Waals surface area (Å²) in [5.74, 6) is 2.00. The molecule has 0 aliphatic carbocycles. The zero-order valence-corrected chi connectivity index (χ0v) is 17.4. The van der Waals surface area contributed by atoms with Crippen LogP contribution in [0, 0.1) is 0 Å². The van der Waals surface area contributed by atoms with Crippen LogP contribution in [0.15, 0.2) is 39.8 Å². The average molecular weight is 388 g/mol. The number of guanidine groups is 1. The fraction of sp³-hybridized carbons (Fsp3) is 0.524. The number of anilines is 1. The zero-order chi connectivity index (χ0) is 20.2. The predicted molar refractivity (Wildman–Crippen MR) is 114 cm³/mol. The maximum absolute atomic E-state index is 5.45. The number of hydrogen-bond donors (Lipinski definition) is 3. The highest BCUT2D eigenvalue weighted by Gasteiger charge is 2.13. The summed E-state index contributed by atoms with van der Waals surface area (Å²) in [6.07, 6.45) is 2.14. The van der Waals surface area contributed by atoms with Crippen LogP contribution in [0.4, 0.5) is 5.69 Å². The van der Waals surface area contributed by atoms with Gasteiger partial charge in [0.15, 0.2) is 11.7 Å². The Morgan fingerprint density at radius 1 is 1.14 bits per heavy atom. The first kappa shape index (κ1) is 21.8. The molecule has 3 N–H and O–H groups in total. The first-order valence-electron chi connectivity index (χ1n) is 9.91. The van der Waals surface area contributed by atoms with Gasteiger partial charge >= 0.3 is 0 Å². The van der Waals surface area contributed by atoms with E-state index in [2.05, 4.69) is 64.2 Å². The Hall–Kier alpha value is -2.54. The fourth-order valence-corrected chi connectivity index (χ4v) is 2.93. The van der Waals surface area contributed by atoms with Gasteiger partial charge in [-0.3, -0.25) is 4.99 Å². The number of aliphatic imine (C=N–C) groups is 1. The van der Waals surface area contributed by atoms with Gasteiger partial charge < -0.3 is 25.2 Å². The number of nitrogens with one attached hydrogen (secondary N) is 3. The molecule has 0 fully saturated rings. The van der Waals surface area contributed by atoms with Crippen LogP contribution in [0.25, 0.3) is 0 Å². The van der Waals surface area contributed by atoms with E-state index in [1.165, 1.54) is 5.56 Å². The lowest BCUT2D eigenvalue weighted by atomic mass is 9.99. The van der Waals surface area contributed by atoms with Crippen molar-refractivity contribution in [2.45, 2.75) is 45.7 Å². The molecule has 0 aliphatic heterocycles. The first-order valence-corrected chi connectivity index (χ1v) is 9.91. The zero-order valence-electron chi connectivity index (χ0n) is 17.4. The van der Waals surface area contributed by atoms with Crippen molar-refractivity contribution in [2.24, 2.45) is 4.99 Å². The number of hydrogen-bond acceptors (Lipinski definition) is 5. The topological polar surface area (TPSA) is 83.7 Å². The van der Waals surface area contributed by atoms with Crippen LogP contribution in [-0.4, -0.2) is 38.4 Å². The van der Waals surface area contributed by atoms with Gasteiger partial charge in [0, 0.05) is 44.9 Å². The Kier molecular flexibility index (Phi) is 9.34. The summed E-state index contributed by atoms with van der Waals surface area (Å²) in [7, 11) is 3.46. The van der Waals surface area contributed by atoms with E-state index in [-0.39, 0.29) is 0 Å². The molecule has 0 spiro atoms. The minimum Gasteiger partial charge on any atom is -0.383 e. The van der Waals surface area contributed by atoms with Crippen molar-refractivity contribution in [1.29, 1.82) is 0 Å². The van der Waals surface area contributed by atoms with E-state index in [0.717, 1.165) is 42.5 Å². The number of methoxy groups -OCH3 is 1. The van der Waals surface area contributed by atoms with Gasteiger partial charge in [-0.2, -0.15) is 0 Å². The number of aromatic nitrogens is 1. The van der Waals surface area contributed by atoms with E-state index in [1.54, 1.807) is 14.2 Å². The standard InChI is InChI=1S/C21H33N5O2/c1-5-17(6-2)20-13-19(28-26-20)15-25-21(22-3)24-14-16-7-9-18(10-8-16)23-11-12-27-4/h7-10,13,17,23H,5-6,11-12,14-15H2,1-4H3,(H2,22,24,25). The van der Waals surface area contributed by atoms with Crippen LogP contribution in [0.5, 0.6) is 0 Å². The van der Waals surface area contributed by atoms with Crippen LogP contribution in [0.2, 0.25) is 0 Å². The van der Waals surface area contributed by atoms with Crippen molar-refractivity contribution < 1.29 is 9.26 Å². The highest BCUT2D eigenvalue weighted by Crippen LogP contribution is 2.22. The minimum atomic E-state index is 0.460. The summed E-state index contributed by atoms with van der Waals surface area (Å²) in [5.41, 5.74) is 3.29. The van der Waals surface area contributed by atoms with E-state index in [0.29, 0.717) is 25.6 Å². The third-order valence-electron chi connectivity index (χ3n) is 4.68. The number of nitrogens with zero attached hydrogens (tertiary/aromatic N) is 2. The molecule has 0 atom stereocenters. The molecule has 7 heteroatoms. The lowest BCUT2D eigenvalue weighted by molar-refractivity contribution is 0.211. The van der Waals surface area contributed by atoms with Crippen molar-refractivity contribution in [1.82, 2.24) is 15.8 Å². The second-order valence-electron chi connectivity index (χ2n) is 6.63. The summed E-state index contributed by atoms with van der Waals surface area (Å²) < 4.78 is 10.5. The van der Waals surface area contributed by atoms with Crippen molar-refractivity contribution in [3.05, 3.63) is 47.3 Å². The molecule has 7 nitrogen and oxygen atoms in total. The Balaban J connectivity index is 1.78. The lowest BCUT2D eigenvalue weighted by Crippen LogP contribution is -2.36. The third kappa shape index (κ3) is 6.88. The minimum absolute atomic E-state index is 0.460. The van der Waals surface area contributed by atoms with Crippen molar-refractivity contribution in [3.8, 4) is 0 Å². The Bertz CT molecular complexity index is 708. The summed E-state index contributed by atoms with van der Waals surface area (Å²) in [6.45, 7) is 7.08. The van der Waals surface area contributed by atoms with Crippen molar-refractivity contribution >= 4 is 11.6 Å². The number of rotatable bonds is 11. The van der Waals surface area contributed by atoms with Gasteiger partial charge in [0.05, 0.1) is 18.8 Å². The highest BCUT2D eigenvalue weighted by molar-refractivity contribution is 5.79. The fourth-order valence-electron chi connectivity index (χ4n) is 2.93. The highest BCUT2D eigenvalue weighted by atomic mass is 16.5. The van der Waals surface area contributed by atoms with Gasteiger partial charge in [-0.25, -0.2) is 0 Å². The molecule has 0 amide bonds. The third-order valence-corrected chi connectivity index (χ3v) is 4.68. The maximum atomic E-state index is 5.45. The Labute approximate surface area is 167 Å². The van der Waals surface area contributed by atoms with Crippen molar-refractivity contribution in [3.63, 3.8) is 0 Å². The normalized spacial score (nSPS) is 11.7. The quantitative estimate of drug-likeness (QED) is 0.311. The maximum Gasteiger partial charge on any atom is 0.191 e. The molecule has 0 radical (unpaired) electrons. The lowest BCUT2D eigenvalue weighted by Gasteiger charge is -2.11. The molecule has 1 aromatic carbocycles. The molecule has 28 heavy (non-hydrogen) atoms. The predicted octanol–water partition coefficient (Wildman–Crippen LogP) is 3.50. The summed E-state index contributed by atoms with van der Waals surface area (Å²) >= 11 is 0. The SMILES string of the molecule is CCC(CC)c1cc(CNC(=NC)NCc2ccc(NCCOC)cc2)on1. The first-order chi connectivity index (χ1) is 13.7. The van der Waals surface area contributed by atoms with Crippen LogP contribution in [0.3, 0.4) is 0 Å². The smallest absolute Gasteiger partial charge is 0.191 e. The Morgan fingerprint density at radius 3 is 2.50 bits per heavy atom. The van der Waals surface area contributed by atoms with Crippen LogP contribution in [-0.2, 0) is 17.8 Å². The number of benzene rings is 1. The van der Waals surface area contributed by atoms with Crippen LogP contribution >= 0.6 is 0 Å². The van der Waals surface area contributed by atoms with Crippen LogP contribution < -0.4 is 16.0 Å². The molecule has 0 saturated carbocycles. The van der Waals surface area contributed by atoms with E-state index < -0.39 is 0 Å². The van der Waals surface area contributed by atoms with Crippen molar-refractivity contribution in [2.75, 3.05) is 32.6 Å². The molecule has 2 rings (SSSR count). The summed E-state index contributed by atoms with van der Waals surface area (Å²) in [5, 5.41) is 14.1. The van der Waals surface area contributed by atoms with E-state index in [1.807, 2.05) is 6.07 Å². The molecule has 0 bridgehead atoms. The summed E-state index contributed by atoms with van der Waals surface area (Å²) in [4.78, 5) is 4.27. The molecule has 0 unspecified atom stereocenters. The number of ether oxygens (including phenoxy) is 1. The molecule has 0 saturated heterocycles. The van der Waals surface area contributed by atoms with E-state index in [4.69, 9.17) is 9.26 Å². The molecule has 154 valence electrons. The molecule has 1 aromatic heterocycles. The van der Waals surface area contributed by atoms with Gasteiger partial charge in [0.1, 0.15) is 0 Å². The van der Waals surface area contributed by atoms with Gasteiger partial charge in [-0.05, 0) is 30.5 Å². The summed E-state index contributed by atoms with van der Waals surface area (Å²) in [6, 6.07) is 10.3. The monoisotopic (exact) mass is 387 g/mol. The van der Waals surface area contributed by atoms with Crippen LogP contribution in [0.1, 0.15) is 49.6 Å². The van der Waals surface area contributed by atoms with Gasteiger partial charge in [-0.15, -0.1) is 0 Å². The second-order valence-corrected chi connectivity index (χ2v) is 6.63. The Morgan fingerprint density at radius 2 is 1.86 bits per heavy atom. The second kappa shape index (κ2) is 12.0. The van der Waals surface area contributed by atoms with E-state index >= 15 is 0 Å². The van der Waals surface area contributed by atoms with Gasteiger partial charge in [-0.1, -0.05) is 31.1 Å². The molecule has 0 aliphatic rings. The molecular weight excluding hydrogens is 354 g/mol. The van der Waals surface area contributed by atoms with Gasteiger partial charge in [0.25, 0.3) is 0 Å². The largest absolute Gasteiger partial charge is 0.383 e. The average Bonchev–Trinajstić information content (AvgIpc) is 3.19. The molecule has 2 aromatic rings. The van der Waals surface area contributed by atoms with Gasteiger partial charge in [0.2, 0.25) is 0 Å². The van der Waals surface area contributed by atoms with E-state index in [9.17, 15) is 0 Å². The molecular formula is C21H33N5O2. The molecule has 1 heterocycles.